The first-order valence-corrected chi connectivity index (χ1v) is 8.75. The Morgan fingerprint density at radius 3 is 2.67 bits per heavy atom. The van der Waals surface area contributed by atoms with Gasteiger partial charge in [-0.3, -0.25) is 4.79 Å². The second-order valence-corrected chi connectivity index (χ2v) is 7.06. The van der Waals surface area contributed by atoms with Crippen LogP contribution in [0.3, 0.4) is 0 Å². The molecule has 21 heavy (non-hydrogen) atoms. The molecule has 1 saturated carbocycles. The summed E-state index contributed by atoms with van der Waals surface area (Å²) in [5, 5.41) is 2.87. The quantitative estimate of drug-likeness (QED) is 0.720. The number of amides is 1. The van der Waals surface area contributed by atoms with E-state index in [-0.39, 0.29) is 5.91 Å². The minimum absolute atomic E-state index is 0.0939. The number of ether oxygens (including phenoxy) is 1. The first-order valence-electron chi connectivity index (χ1n) is 7.16. The van der Waals surface area contributed by atoms with Crippen molar-refractivity contribution in [1.29, 1.82) is 0 Å². The highest BCUT2D eigenvalue weighted by atomic mass is 79.9. The van der Waals surface area contributed by atoms with Crippen LogP contribution in [0.2, 0.25) is 0 Å². The molecule has 2 rings (SSSR count). The number of nitrogens with one attached hydrogen (secondary N) is 1. The van der Waals surface area contributed by atoms with Gasteiger partial charge < -0.3 is 15.8 Å². The average molecular weight is 420 g/mol. The zero-order valence-corrected chi connectivity index (χ0v) is 15.0. The molecule has 0 atom stereocenters. The fourth-order valence-corrected chi connectivity index (χ4v) is 3.64. The normalized spacial score (nSPS) is 22.0. The maximum Gasteiger partial charge on any atom is 0.252 e. The van der Waals surface area contributed by atoms with Gasteiger partial charge in [0.2, 0.25) is 0 Å². The van der Waals surface area contributed by atoms with E-state index in [2.05, 4.69) is 37.2 Å². The van der Waals surface area contributed by atoms with Crippen LogP contribution in [0.1, 0.15) is 36.0 Å². The molecule has 0 spiro atoms. The van der Waals surface area contributed by atoms with Gasteiger partial charge in [-0.05, 0) is 59.8 Å². The van der Waals surface area contributed by atoms with Crippen molar-refractivity contribution in [2.75, 3.05) is 13.2 Å². The standard InChI is InChI=1S/C15H20Br2N2O2/c16-10-1-6-13(14(17)9-10)15(20)19-7-8-21-12-4-2-11(18)3-5-12/h1,6,9,11-12H,2-5,7-8,18H2,(H,19,20). The van der Waals surface area contributed by atoms with Crippen molar-refractivity contribution in [2.45, 2.75) is 37.8 Å². The summed E-state index contributed by atoms with van der Waals surface area (Å²) < 4.78 is 7.49. The SMILES string of the molecule is NC1CCC(OCCNC(=O)c2ccc(Br)cc2Br)CC1. The molecular formula is C15H20Br2N2O2. The number of carbonyl (C=O) groups is 1. The third-order valence-corrected chi connectivity index (χ3v) is 4.79. The van der Waals surface area contributed by atoms with Gasteiger partial charge in [-0.25, -0.2) is 0 Å². The summed E-state index contributed by atoms with van der Waals surface area (Å²) in [7, 11) is 0. The Labute approximate surface area is 142 Å². The van der Waals surface area contributed by atoms with E-state index in [0.29, 0.717) is 30.9 Å². The third kappa shape index (κ3) is 5.36. The van der Waals surface area contributed by atoms with Gasteiger partial charge in [-0.15, -0.1) is 0 Å². The Bertz CT molecular complexity index is 489. The maximum absolute atomic E-state index is 12.0. The van der Waals surface area contributed by atoms with E-state index >= 15 is 0 Å². The van der Waals surface area contributed by atoms with Gasteiger partial charge in [-0.2, -0.15) is 0 Å². The Balaban J connectivity index is 1.69. The molecular weight excluding hydrogens is 400 g/mol. The van der Waals surface area contributed by atoms with Gasteiger partial charge >= 0.3 is 0 Å². The fourth-order valence-electron chi connectivity index (χ4n) is 2.41. The number of hydrogen-bond acceptors (Lipinski definition) is 3. The number of rotatable bonds is 5. The topological polar surface area (TPSA) is 64.3 Å². The van der Waals surface area contributed by atoms with Crippen LogP contribution in [0.5, 0.6) is 0 Å². The van der Waals surface area contributed by atoms with Gasteiger partial charge in [0.1, 0.15) is 0 Å². The van der Waals surface area contributed by atoms with Crippen LogP contribution in [-0.4, -0.2) is 31.2 Å². The molecule has 1 aliphatic carbocycles. The molecule has 0 saturated heterocycles. The van der Waals surface area contributed by atoms with Crippen molar-refractivity contribution in [1.82, 2.24) is 5.32 Å². The van der Waals surface area contributed by atoms with E-state index in [1.165, 1.54) is 0 Å². The molecule has 0 bridgehead atoms. The van der Waals surface area contributed by atoms with Crippen molar-refractivity contribution in [3.05, 3.63) is 32.7 Å². The third-order valence-electron chi connectivity index (χ3n) is 3.64. The monoisotopic (exact) mass is 418 g/mol. The van der Waals surface area contributed by atoms with Crippen LogP contribution < -0.4 is 11.1 Å². The predicted molar refractivity (Wildman–Crippen MR) is 90.4 cm³/mol. The number of hydrogen-bond donors (Lipinski definition) is 2. The molecule has 6 heteroatoms. The van der Waals surface area contributed by atoms with Gasteiger partial charge in [0.25, 0.3) is 5.91 Å². The van der Waals surface area contributed by atoms with Crippen LogP contribution in [0.15, 0.2) is 27.1 Å². The van der Waals surface area contributed by atoms with Gasteiger partial charge in [-0.1, -0.05) is 15.9 Å². The van der Waals surface area contributed by atoms with Crippen molar-refractivity contribution in [2.24, 2.45) is 5.73 Å². The lowest BCUT2D eigenvalue weighted by molar-refractivity contribution is 0.0267. The number of nitrogens with two attached hydrogens (primary N) is 1. The highest BCUT2D eigenvalue weighted by Gasteiger charge is 2.18. The highest BCUT2D eigenvalue weighted by Crippen LogP contribution is 2.22. The summed E-state index contributed by atoms with van der Waals surface area (Å²) in [6.07, 6.45) is 4.40. The molecule has 0 radical (unpaired) electrons. The summed E-state index contributed by atoms with van der Waals surface area (Å²) in [5.74, 6) is -0.0939. The minimum Gasteiger partial charge on any atom is -0.376 e. The van der Waals surface area contributed by atoms with Crippen LogP contribution in [-0.2, 0) is 4.74 Å². The Morgan fingerprint density at radius 2 is 2.00 bits per heavy atom. The van der Waals surface area contributed by atoms with Crippen molar-refractivity contribution in [3.8, 4) is 0 Å². The van der Waals surface area contributed by atoms with Crippen molar-refractivity contribution in [3.63, 3.8) is 0 Å². The summed E-state index contributed by atoms with van der Waals surface area (Å²) >= 11 is 6.76. The highest BCUT2D eigenvalue weighted by molar-refractivity contribution is 9.11. The second-order valence-electron chi connectivity index (χ2n) is 5.29. The number of benzene rings is 1. The van der Waals surface area contributed by atoms with Gasteiger partial charge in [0.15, 0.2) is 0 Å². The molecule has 0 aromatic heterocycles. The lowest BCUT2D eigenvalue weighted by Crippen LogP contribution is -2.33. The number of carbonyl (C=O) groups excluding carboxylic acids is 1. The summed E-state index contributed by atoms with van der Waals surface area (Å²) in [6, 6.07) is 5.82. The van der Waals surface area contributed by atoms with Crippen molar-refractivity contribution >= 4 is 37.8 Å². The van der Waals surface area contributed by atoms with E-state index < -0.39 is 0 Å². The average Bonchev–Trinajstić information content (AvgIpc) is 2.45. The maximum atomic E-state index is 12.0. The molecule has 1 aliphatic rings. The Hall–Kier alpha value is -0.430. The first-order chi connectivity index (χ1) is 10.1. The van der Waals surface area contributed by atoms with E-state index in [9.17, 15) is 4.79 Å². The molecule has 0 heterocycles. The lowest BCUT2D eigenvalue weighted by Gasteiger charge is -2.26. The minimum atomic E-state index is -0.0939. The molecule has 116 valence electrons. The molecule has 3 N–H and O–H groups in total. The van der Waals surface area contributed by atoms with E-state index in [4.69, 9.17) is 10.5 Å². The smallest absolute Gasteiger partial charge is 0.252 e. The van der Waals surface area contributed by atoms with Crippen LogP contribution in [0.4, 0.5) is 0 Å². The largest absolute Gasteiger partial charge is 0.376 e. The van der Waals surface area contributed by atoms with Gasteiger partial charge in [0.05, 0.1) is 18.3 Å². The molecule has 1 aromatic rings. The Morgan fingerprint density at radius 1 is 1.29 bits per heavy atom. The fraction of sp³-hybridized carbons (Fsp3) is 0.533. The lowest BCUT2D eigenvalue weighted by atomic mass is 9.94. The zero-order valence-electron chi connectivity index (χ0n) is 11.8. The summed E-state index contributed by atoms with van der Waals surface area (Å²) in [6.45, 7) is 1.06. The van der Waals surface area contributed by atoms with E-state index in [0.717, 1.165) is 34.6 Å². The van der Waals surface area contributed by atoms with Crippen LogP contribution >= 0.6 is 31.9 Å². The predicted octanol–water partition coefficient (Wildman–Crippen LogP) is 3.23. The molecule has 4 nitrogen and oxygen atoms in total. The second kappa shape index (κ2) is 8.27. The molecule has 1 aromatic carbocycles. The van der Waals surface area contributed by atoms with Gasteiger partial charge in [0, 0.05) is 21.5 Å². The zero-order chi connectivity index (χ0) is 15.2. The molecule has 0 aliphatic heterocycles. The summed E-state index contributed by atoms with van der Waals surface area (Å²) in [4.78, 5) is 12.0. The Kier molecular flexibility index (Phi) is 6.67. The molecule has 0 unspecified atom stereocenters. The molecule has 1 fully saturated rings. The molecule has 1 amide bonds. The summed E-state index contributed by atoms with van der Waals surface area (Å²) in [5.41, 5.74) is 6.49. The van der Waals surface area contributed by atoms with Crippen molar-refractivity contribution < 1.29 is 9.53 Å². The van der Waals surface area contributed by atoms with Crippen LogP contribution in [0, 0.1) is 0 Å². The number of halogens is 2. The first kappa shape index (κ1) is 16.9. The van der Waals surface area contributed by atoms with Crippen LogP contribution in [0.25, 0.3) is 0 Å². The van der Waals surface area contributed by atoms with E-state index in [1.54, 1.807) is 6.07 Å². The van der Waals surface area contributed by atoms with E-state index in [1.807, 2.05) is 12.1 Å².